The molecular formula is C18H21NO6S. The minimum absolute atomic E-state index is 0.00693. The Kier molecular flexibility index (Phi) is 5.04. The van der Waals surface area contributed by atoms with Crippen LogP contribution in [0.4, 0.5) is 0 Å². The molecule has 0 unspecified atom stereocenters. The third-order valence-electron chi connectivity index (χ3n) is 4.60. The Bertz CT molecular complexity index is 994. The van der Waals surface area contributed by atoms with Crippen molar-refractivity contribution in [3.8, 4) is 5.75 Å². The topological polar surface area (TPSA) is 93.9 Å². The summed E-state index contributed by atoms with van der Waals surface area (Å²) in [5, 5.41) is 0.801. The van der Waals surface area contributed by atoms with Crippen molar-refractivity contribution in [3.05, 3.63) is 40.2 Å². The number of carbonyl (C=O) groups excluding carboxylic acids is 1. The summed E-state index contributed by atoms with van der Waals surface area (Å²) in [5.41, 5.74) is 0.760. The van der Waals surface area contributed by atoms with E-state index < -0.39 is 15.5 Å². The van der Waals surface area contributed by atoms with E-state index in [1.165, 1.54) is 6.07 Å². The van der Waals surface area contributed by atoms with Gasteiger partial charge in [0.05, 0.1) is 11.5 Å². The lowest BCUT2D eigenvalue weighted by molar-refractivity contribution is -0.135. The van der Waals surface area contributed by atoms with Crippen LogP contribution in [0.1, 0.15) is 18.9 Å². The number of fused-ring (bicyclic) bond motifs is 1. The zero-order valence-electron chi connectivity index (χ0n) is 14.7. The lowest BCUT2D eigenvalue weighted by atomic mass is 10.1. The van der Waals surface area contributed by atoms with Gasteiger partial charge in [-0.1, -0.05) is 0 Å². The van der Waals surface area contributed by atoms with Gasteiger partial charge in [-0.3, -0.25) is 4.79 Å². The lowest BCUT2D eigenvalue weighted by Crippen LogP contribution is -2.43. The van der Waals surface area contributed by atoms with Crippen molar-refractivity contribution in [2.45, 2.75) is 26.3 Å². The Morgan fingerprint density at radius 3 is 2.77 bits per heavy atom. The largest absolute Gasteiger partial charge is 0.484 e. The predicted molar refractivity (Wildman–Crippen MR) is 97.2 cm³/mol. The first kappa shape index (κ1) is 18.4. The van der Waals surface area contributed by atoms with Crippen molar-refractivity contribution in [2.24, 2.45) is 0 Å². The average molecular weight is 379 g/mol. The molecule has 1 aliphatic rings. The molecule has 1 aromatic carbocycles. The summed E-state index contributed by atoms with van der Waals surface area (Å²) in [6.07, 6.45) is 0.461. The fourth-order valence-corrected chi connectivity index (χ4v) is 5.01. The van der Waals surface area contributed by atoms with Crippen molar-refractivity contribution >= 4 is 26.7 Å². The number of ether oxygens (including phenoxy) is 1. The van der Waals surface area contributed by atoms with E-state index in [0.29, 0.717) is 24.3 Å². The number of rotatable bonds is 5. The maximum atomic E-state index is 12.5. The van der Waals surface area contributed by atoms with Gasteiger partial charge in [-0.05, 0) is 38.0 Å². The van der Waals surface area contributed by atoms with Gasteiger partial charge in [0.2, 0.25) is 0 Å². The van der Waals surface area contributed by atoms with Crippen LogP contribution >= 0.6 is 0 Å². The van der Waals surface area contributed by atoms with Crippen LogP contribution in [0.3, 0.4) is 0 Å². The van der Waals surface area contributed by atoms with E-state index in [1.807, 2.05) is 13.8 Å². The first-order chi connectivity index (χ1) is 12.3. The highest BCUT2D eigenvalue weighted by Crippen LogP contribution is 2.23. The highest BCUT2D eigenvalue weighted by Gasteiger charge is 2.33. The zero-order chi connectivity index (χ0) is 18.9. The second kappa shape index (κ2) is 7.11. The van der Waals surface area contributed by atoms with Crippen molar-refractivity contribution in [1.82, 2.24) is 4.90 Å². The summed E-state index contributed by atoms with van der Waals surface area (Å²) in [7, 11) is -3.06. The van der Waals surface area contributed by atoms with Gasteiger partial charge in [-0.25, -0.2) is 13.2 Å². The molecule has 1 aromatic heterocycles. The van der Waals surface area contributed by atoms with Crippen LogP contribution in [-0.2, 0) is 14.6 Å². The number of sulfone groups is 1. The van der Waals surface area contributed by atoms with Crippen LogP contribution in [0.15, 0.2) is 33.5 Å². The predicted octanol–water partition coefficient (Wildman–Crippen LogP) is 1.52. The Labute approximate surface area is 151 Å². The molecule has 8 heteroatoms. The molecule has 26 heavy (non-hydrogen) atoms. The van der Waals surface area contributed by atoms with Crippen molar-refractivity contribution in [3.63, 3.8) is 0 Å². The summed E-state index contributed by atoms with van der Waals surface area (Å²) >= 11 is 0. The number of aryl methyl sites for hydroxylation is 1. The van der Waals surface area contributed by atoms with Gasteiger partial charge in [0.1, 0.15) is 11.3 Å². The number of carbonyl (C=O) groups is 1. The van der Waals surface area contributed by atoms with E-state index in [0.717, 1.165) is 10.9 Å². The van der Waals surface area contributed by atoms with Crippen LogP contribution in [0.2, 0.25) is 0 Å². The molecule has 7 nitrogen and oxygen atoms in total. The molecule has 140 valence electrons. The van der Waals surface area contributed by atoms with Gasteiger partial charge in [-0.15, -0.1) is 0 Å². The fraction of sp³-hybridized carbons (Fsp3) is 0.444. The monoisotopic (exact) mass is 379 g/mol. The number of benzene rings is 1. The quantitative estimate of drug-likeness (QED) is 0.731. The number of nitrogens with zero attached hydrogens (tertiary/aromatic N) is 1. The van der Waals surface area contributed by atoms with Crippen molar-refractivity contribution in [2.75, 3.05) is 24.7 Å². The molecule has 1 fully saturated rings. The van der Waals surface area contributed by atoms with Gasteiger partial charge in [0, 0.05) is 30.1 Å². The Morgan fingerprint density at radius 2 is 2.12 bits per heavy atom. The standard InChI is InChI=1S/C18H21NO6S/c1-3-19(13-6-7-26(22,23)11-13)17(20)10-24-14-4-5-15-12(2)8-18(21)25-16(15)9-14/h4-5,8-9,13H,3,6-7,10-11H2,1-2H3/t13-/m0/s1. The third-order valence-corrected chi connectivity index (χ3v) is 6.35. The molecule has 0 N–H and O–H groups in total. The molecule has 1 atom stereocenters. The van der Waals surface area contributed by atoms with Crippen molar-refractivity contribution < 1.29 is 22.4 Å². The number of hydrogen-bond donors (Lipinski definition) is 0. The van der Waals surface area contributed by atoms with Crippen LogP contribution < -0.4 is 10.4 Å². The molecule has 3 rings (SSSR count). The number of likely N-dealkylation sites (N-methyl/N-ethyl adjacent to an activating group) is 1. The first-order valence-electron chi connectivity index (χ1n) is 8.46. The van der Waals surface area contributed by atoms with E-state index in [9.17, 15) is 18.0 Å². The van der Waals surface area contributed by atoms with Gasteiger partial charge in [-0.2, -0.15) is 0 Å². The van der Waals surface area contributed by atoms with E-state index in [1.54, 1.807) is 23.1 Å². The molecule has 1 amide bonds. The lowest BCUT2D eigenvalue weighted by Gasteiger charge is -2.26. The van der Waals surface area contributed by atoms with Gasteiger partial charge in [0.15, 0.2) is 16.4 Å². The summed E-state index contributed by atoms with van der Waals surface area (Å²) in [4.78, 5) is 25.5. The molecule has 0 bridgehead atoms. The summed E-state index contributed by atoms with van der Waals surface area (Å²) < 4.78 is 34.0. The summed E-state index contributed by atoms with van der Waals surface area (Å²) in [6, 6.07) is 6.18. The third kappa shape index (κ3) is 3.90. The molecule has 2 aromatic rings. The van der Waals surface area contributed by atoms with E-state index in [-0.39, 0.29) is 30.1 Å². The highest BCUT2D eigenvalue weighted by molar-refractivity contribution is 7.91. The van der Waals surface area contributed by atoms with E-state index >= 15 is 0 Å². The minimum atomic E-state index is -3.06. The SMILES string of the molecule is CCN(C(=O)COc1ccc2c(C)cc(=O)oc2c1)[C@H]1CCS(=O)(=O)C1. The normalized spacial score (nSPS) is 18.8. The Hall–Kier alpha value is -2.35. The van der Waals surface area contributed by atoms with Crippen LogP contribution in [0, 0.1) is 6.92 Å². The number of hydrogen-bond acceptors (Lipinski definition) is 6. The van der Waals surface area contributed by atoms with E-state index in [4.69, 9.17) is 9.15 Å². The molecule has 1 aliphatic heterocycles. The summed E-state index contributed by atoms with van der Waals surface area (Å²) in [5.74, 6) is 0.272. The summed E-state index contributed by atoms with van der Waals surface area (Å²) in [6.45, 7) is 3.86. The highest BCUT2D eigenvalue weighted by atomic mass is 32.2. The maximum absolute atomic E-state index is 12.5. The molecule has 0 saturated carbocycles. The molecular weight excluding hydrogens is 358 g/mol. The Balaban J connectivity index is 1.70. The van der Waals surface area contributed by atoms with Crippen LogP contribution in [0.25, 0.3) is 11.0 Å². The second-order valence-corrected chi connectivity index (χ2v) is 8.66. The first-order valence-corrected chi connectivity index (χ1v) is 10.3. The molecule has 2 heterocycles. The smallest absolute Gasteiger partial charge is 0.336 e. The molecule has 0 aliphatic carbocycles. The molecule has 1 saturated heterocycles. The minimum Gasteiger partial charge on any atom is -0.484 e. The van der Waals surface area contributed by atoms with Gasteiger partial charge < -0.3 is 14.1 Å². The number of amides is 1. The van der Waals surface area contributed by atoms with Crippen molar-refractivity contribution in [1.29, 1.82) is 0 Å². The second-order valence-electron chi connectivity index (χ2n) is 6.43. The zero-order valence-corrected chi connectivity index (χ0v) is 15.5. The Morgan fingerprint density at radius 1 is 1.35 bits per heavy atom. The van der Waals surface area contributed by atoms with Gasteiger partial charge in [0.25, 0.3) is 5.91 Å². The average Bonchev–Trinajstić information content (AvgIpc) is 2.92. The molecule has 0 spiro atoms. The van der Waals surface area contributed by atoms with E-state index in [2.05, 4.69) is 0 Å². The van der Waals surface area contributed by atoms with Crippen LogP contribution in [-0.4, -0.2) is 49.9 Å². The maximum Gasteiger partial charge on any atom is 0.336 e. The molecule has 0 radical (unpaired) electrons. The fourth-order valence-electron chi connectivity index (χ4n) is 3.28. The van der Waals surface area contributed by atoms with Crippen LogP contribution in [0.5, 0.6) is 5.75 Å². The van der Waals surface area contributed by atoms with Gasteiger partial charge >= 0.3 is 5.63 Å².